The van der Waals surface area contributed by atoms with E-state index < -0.39 is 5.60 Å². The first-order valence-corrected chi connectivity index (χ1v) is 6.91. The molecule has 1 heterocycles. The molecule has 0 saturated carbocycles. The van der Waals surface area contributed by atoms with E-state index in [0.29, 0.717) is 13.2 Å². The van der Waals surface area contributed by atoms with Gasteiger partial charge in [-0.1, -0.05) is 30.3 Å². The van der Waals surface area contributed by atoms with E-state index in [1.165, 1.54) is 0 Å². The highest BCUT2D eigenvalue weighted by Gasteiger charge is 2.39. The van der Waals surface area contributed by atoms with Crippen molar-refractivity contribution in [1.29, 1.82) is 0 Å². The molecule has 0 amide bonds. The van der Waals surface area contributed by atoms with Crippen molar-refractivity contribution in [3.8, 4) is 0 Å². The van der Waals surface area contributed by atoms with Gasteiger partial charge in [0.15, 0.2) is 0 Å². The largest absolute Gasteiger partial charge is 0.385 e. The van der Waals surface area contributed by atoms with Gasteiger partial charge < -0.3 is 14.6 Å². The van der Waals surface area contributed by atoms with Crippen LogP contribution in [-0.2, 0) is 16.1 Å². The lowest BCUT2D eigenvalue weighted by molar-refractivity contribution is -0.140. The Balaban J connectivity index is 1.98. The number of hydrogen-bond donors (Lipinski definition) is 1. The summed E-state index contributed by atoms with van der Waals surface area (Å²) in [5.74, 6) is 0. The third-order valence-electron chi connectivity index (χ3n) is 3.75. The van der Waals surface area contributed by atoms with Gasteiger partial charge in [-0.2, -0.15) is 0 Å². The second-order valence-corrected chi connectivity index (χ2v) is 6.23. The molecule has 1 aromatic carbocycles. The fraction of sp³-hybridized carbons (Fsp3) is 0.625. The van der Waals surface area contributed by atoms with E-state index >= 15 is 0 Å². The van der Waals surface area contributed by atoms with Crippen LogP contribution in [0.5, 0.6) is 0 Å². The Hall–Kier alpha value is -0.900. The van der Waals surface area contributed by atoms with Crippen molar-refractivity contribution in [3.63, 3.8) is 0 Å². The van der Waals surface area contributed by atoms with Crippen LogP contribution in [0.4, 0.5) is 0 Å². The highest BCUT2D eigenvalue weighted by molar-refractivity contribution is 5.13. The van der Waals surface area contributed by atoms with Crippen molar-refractivity contribution < 1.29 is 14.6 Å². The Bertz CT molecular complexity index is 398. The average molecular weight is 264 g/mol. The van der Waals surface area contributed by atoms with Gasteiger partial charge in [0.1, 0.15) is 5.60 Å². The quantitative estimate of drug-likeness (QED) is 0.912. The van der Waals surface area contributed by atoms with Crippen LogP contribution in [0.2, 0.25) is 0 Å². The maximum atomic E-state index is 10.5. The van der Waals surface area contributed by atoms with Crippen molar-refractivity contribution in [2.24, 2.45) is 0 Å². The van der Waals surface area contributed by atoms with Gasteiger partial charge in [-0.3, -0.25) is 0 Å². The average Bonchev–Trinajstić information content (AvgIpc) is 2.47. The Kier molecular flexibility index (Phi) is 4.29. The Labute approximate surface area is 115 Å². The van der Waals surface area contributed by atoms with Gasteiger partial charge in [0.05, 0.1) is 24.9 Å². The molecule has 2 rings (SSSR count). The van der Waals surface area contributed by atoms with E-state index in [4.69, 9.17) is 9.47 Å². The predicted molar refractivity (Wildman–Crippen MR) is 74.9 cm³/mol. The number of benzene rings is 1. The van der Waals surface area contributed by atoms with Crippen molar-refractivity contribution in [2.75, 3.05) is 6.61 Å². The molecule has 2 atom stereocenters. The summed E-state index contributed by atoms with van der Waals surface area (Å²) < 4.78 is 11.7. The van der Waals surface area contributed by atoms with E-state index in [9.17, 15) is 5.11 Å². The van der Waals surface area contributed by atoms with Gasteiger partial charge in [-0.15, -0.1) is 0 Å². The molecular weight excluding hydrogens is 240 g/mol. The van der Waals surface area contributed by atoms with Crippen molar-refractivity contribution in [2.45, 2.75) is 57.5 Å². The molecule has 0 bridgehead atoms. The number of ether oxygens (including phenoxy) is 2. The first-order chi connectivity index (χ1) is 8.89. The van der Waals surface area contributed by atoms with Gasteiger partial charge in [0.2, 0.25) is 0 Å². The first kappa shape index (κ1) is 14.5. The molecule has 3 nitrogen and oxygen atoms in total. The van der Waals surface area contributed by atoms with E-state index in [2.05, 4.69) is 13.8 Å². The zero-order chi connectivity index (χ0) is 13.9. The molecule has 0 unspecified atom stereocenters. The summed E-state index contributed by atoms with van der Waals surface area (Å²) in [5.41, 5.74) is 0.0138. The van der Waals surface area contributed by atoms with Crippen LogP contribution >= 0.6 is 0 Å². The Morgan fingerprint density at radius 1 is 1.26 bits per heavy atom. The number of aliphatic hydroxyl groups is 1. The zero-order valence-corrected chi connectivity index (χ0v) is 12.1. The molecule has 1 aliphatic rings. The molecule has 0 aliphatic carbocycles. The van der Waals surface area contributed by atoms with Crippen molar-refractivity contribution in [1.82, 2.24) is 0 Å². The van der Waals surface area contributed by atoms with Crippen LogP contribution in [0, 0.1) is 0 Å². The summed E-state index contributed by atoms with van der Waals surface area (Å²) in [6, 6.07) is 10.0. The van der Waals surface area contributed by atoms with Gasteiger partial charge >= 0.3 is 0 Å². The van der Waals surface area contributed by atoms with Gasteiger partial charge in [0, 0.05) is 0 Å². The monoisotopic (exact) mass is 264 g/mol. The van der Waals surface area contributed by atoms with Crippen LogP contribution in [0.15, 0.2) is 30.3 Å². The summed E-state index contributed by atoms with van der Waals surface area (Å²) in [4.78, 5) is 0. The van der Waals surface area contributed by atoms with Crippen LogP contribution in [-0.4, -0.2) is 29.0 Å². The molecule has 19 heavy (non-hydrogen) atoms. The number of hydrogen-bond acceptors (Lipinski definition) is 3. The van der Waals surface area contributed by atoms with Crippen LogP contribution in [0.25, 0.3) is 0 Å². The second kappa shape index (κ2) is 5.61. The minimum Gasteiger partial charge on any atom is -0.385 e. The molecule has 0 radical (unpaired) electrons. The molecule has 1 aliphatic heterocycles. The SMILES string of the molecule is CC1(C)CC[C@H](OCc2ccccc2)[C@](C)(O)CO1. The summed E-state index contributed by atoms with van der Waals surface area (Å²) in [6.45, 7) is 6.76. The minimum atomic E-state index is -0.928. The van der Waals surface area contributed by atoms with Gasteiger partial charge in [-0.05, 0) is 39.2 Å². The summed E-state index contributed by atoms with van der Waals surface area (Å²) in [7, 11) is 0. The summed E-state index contributed by atoms with van der Waals surface area (Å²) in [6.07, 6.45) is 1.52. The molecule has 106 valence electrons. The number of rotatable bonds is 3. The third-order valence-corrected chi connectivity index (χ3v) is 3.75. The lowest BCUT2D eigenvalue weighted by Gasteiger charge is -2.30. The summed E-state index contributed by atoms with van der Waals surface area (Å²) in [5, 5.41) is 10.5. The highest BCUT2D eigenvalue weighted by Crippen LogP contribution is 2.30. The lowest BCUT2D eigenvalue weighted by atomic mass is 9.94. The topological polar surface area (TPSA) is 38.7 Å². The van der Waals surface area contributed by atoms with Crippen LogP contribution in [0.1, 0.15) is 39.2 Å². The molecule has 3 heteroatoms. The molecule has 1 N–H and O–H groups in total. The standard InChI is InChI=1S/C16H24O3/c1-15(2)10-9-14(16(3,17)12-19-15)18-11-13-7-5-4-6-8-13/h4-8,14,17H,9-12H2,1-3H3/t14-,16+/m0/s1. The molecule has 0 aromatic heterocycles. The fourth-order valence-electron chi connectivity index (χ4n) is 2.33. The van der Waals surface area contributed by atoms with E-state index in [1.54, 1.807) is 6.92 Å². The van der Waals surface area contributed by atoms with Crippen LogP contribution in [0.3, 0.4) is 0 Å². The van der Waals surface area contributed by atoms with Gasteiger partial charge in [0.25, 0.3) is 0 Å². The molecule has 1 aromatic rings. The maximum Gasteiger partial charge on any atom is 0.111 e. The summed E-state index contributed by atoms with van der Waals surface area (Å²) >= 11 is 0. The van der Waals surface area contributed by atoms with E-state index in [0.717, 1.165) is 18.4 Å². The lowest BCUT2D eigenvalue weighted by Crippen LogP contribution is -2.44. The zero-order valence-electron chi connectivity index (χ0n) is 12.1. The third kappa shape index (κ3) is 4.03. The Morgan fingerprint density at radius 3 is 2.63 bits per heavy atom. The smallest absolute Gasteiger partial charge is 0.111 e. The first-order valence-electron chi connectivity index (χ1n) is 6.91. The predicted octanol–water partition coefficient (Wildman–Crippen LogP) is 2.91. The van der Waals surface area contributed by atoms with E-state index in [1.807, 2.05) is 30.3 Å². The normalized spacial score (nSPS) is 30.8. The molecular formula is C16H24O3. The van der Waals surface area contributed by atoms with Crippen molar-refractivity contribution >= 4 is 0 Å². The molecule has 0 spiro atoms. The van der Waals surface area contributed by atoms with Crippen molar-refractivity contribution in [3.05, 3.63) is 35.9 Å². The highest BCUT2D eigenvalue weighted by atomic mass is 16.5. The fourth-order valence-corrected chi connectivity index (χ4v) is 2.33. The van der Waals surface area contributed by atoms with Crippen LogP contribution < -0.4 is 0 Å². The molecule has 1 saturated heterocycles. The maximum absolute atomic E-state index is 10.5. The minimum absolute atomic E-state index is 0.186. The molecule has 1 fully saturated rings. The van der Waals surface area contributed by atoms with E-state index in [-0.39, 0.29) is 11.7 Å². The van der Waals surface area contributed by atoms with Gasteiger partial charge in [-0.25, -0.2) is 0 Å². The second-order valence-electron chi connectivity index (χ2n) is 6.23. The Morgan fingerprint density at radius 2 is 1.95 bits per heavy atom.